The van der Waals surface area contributed by atoms with Gasteiger partial charge in [-0.25, -0.2) is 24.2 Å². The monoisotopic (exact) mass is 712 g/mol. The molecule has 0 spiro atoms. The second kappa shape index (κ2) is 17.3. The molecular weight excluding hydrogens is 676 g/mol. The first-order chi connectivity index (χ1) is 25.8. The van der Waals surface area contributed by atoms with Crippen molar-refractivity contribution in [2.75, 3.05) is 6.61 Å². The zero-order valence-corrected chi connectivity index (χ0v) is 28.4. The second-order valence-electron chi connectivity index (χ2n) is 12.1. The van der Waals surface area contributed by atoms with Crippen molar-refractivity contribution in [3.05, 3.63) is 161 Å². The number of guanidine groups is 1. The van der Waals surface area contributed by atoms with E-state index in [2.05, 4.69) is 20.9 Å². The minimum absolute atomic E-state index is 0.0120. The Bertz CT molecular complexity index is 1980. The molecule has 0 aromatic heterocycles. The van der Waals surface area contributed by atoms with Crippen LogP contribution in [0.3, 0.4) is 0 Å². The quantitative estimate of drug-likeness (QED) is 0.0642. The Morgan fingerprint density at radius 3 is 1.58 bits per heavy atom. The molecule has 12 heteroatoms. The van der Waals surface area contributed by atoms with Crippen molar-refractivity contribution in [2.24, 2.45) is 4.99 Å². The summed E-state index contributed by atoms with van der Waals surface area (Å²) < 4.78 is 16.1. The van der Waals surface area contributed by atoms with Crippen LogP contribution in [-0.2, 0) is 38.6 Å². The zero-order chi connectivity index (χ0) is 37.0. The number of amides is 3. The van der Waals surface area contributed by atoms with Gasteiger partial charge in [-0.05, 0) is 51.1 Å². The number of ether oxygens (including phenoxy) is 3. The van der Waals surface area contributed by atoms with E-state index in [4.69, 9.17) is 14.2 Å². The fourth-order valence-corrected chi connectivity index (χ4v) is 5.85. The van der Waals surface area contributed by atoms with E-state index in [1.54, 1.807) is 48.5 Å². The fraction of sp³-hybridized carbons (Fsp3) is 0.146. The SMILES string of the molecule is O=C(NC(=Nc1ccc(CC(NC(=O)OCC2c3ccccc3-c3ccccc32)C(=O)O)cc1)NC(=O)OCc1ccccc1)OCc1ccccc1. The molecule has 4 N–H and O–H groups in total. The summed E-state index contributed by atoms with van der Waals surface area (Å²) in [5.74, 6) is -1.66. The summed E-state index contributed by atoms with van der Waals surface area (Å²) >= 11 is 0. The number of hydrogen-bond acceptors (Lipinski definition) is 8. The molecule has 1 aliphatic carbocycles. The maximum atomic E-state index is 12.8. The van der Waals surface area contributed by atoms with Crippen LogP contribution in [0.15, 0.2) is 138 Å². The highest BCUT2D eigenvalue weighted by Crippen LogP contribution is 2.44. The molecule has 0 saturated heterocycles. The molecule has 0 saturated carbocycles. The molecule has 1 aliphatic rings. The minimum Gasteiger partial charge on any atom is -0.480 e. The van der Waals surface area contributed by atoms with Gasteiger partial charge < -0.3 is 24.6 Å². The first-order valence-electron chi connectivity index (χ1n) is 16.8. The number of benzene rings is 5. The number of carbonyl (C=O) groups is 4. The fourth-order valence-electron chi connectivity index (χ4n) is 5.85. The summed E-state index contributed by atoms with van der Waals surface area (Å²) in [5, 5.41) is 17.2. The van der Waals surface area contributed by atoms with Gasteiger partial charge in [-0.1, -0.05) is 121 Å². The smallest absolute Gasteiger partial charge is 0.414 e. The first-order valence-corrected chi connectivity index (χ1v) is 16.8. The lowest BCUT2D eigenvalue weighted by Crippen LogP contribution is -2.44. The van der Waals surface area contributed by atoms with Gasteiger partial charge in [0.2, 0.25) is 5.96 Å². The molecule has 0 radical (unpaired) electrons. The first kappa shape index (κ1) is 35.9. The molecule has 3 amide bonds. The lowest BCUT2D eigenvalue weighted by atomic mass is 9.98. The van der Waals surface area contributed by atoms with Gasteiger partial charge in [0.25, 0.3) is 0 Å². The molecule has 12 nitrogen and oxygen atoms in total. The van der Waals surface area contributed by atoms with Gasteiger partial charge in [0.05, 0.1) is 5.69 Å². The number of carboxylic acid groups (broad SMARTS) is 1. The standard InChI is InChI=1S/C41H36N4O8/c46-37(47)36(43-39(48)53-26-35-33-17-9-7-15-31(33)32-16-8-10-18-34(32)35)23-27-19-21-30(22-20-27)42-38(44-40(49)51-24-28-11-3-1-4-12-28)45-41(50)52-25-29-13-5-2-6-14-29/h1-22,35-36H,23-26H2,(H,43,48)(H,46,47)(H2,42,44,45,49,50). The van der Waals surface area contributed by atoms with Gasteiger partial charge in [0, 0.05) is 12.3 Å². The van der Waals surface area contributed by atoms with E-state index in [-0.39, 0.29) is 38.1 Å². The molecule has 5 aromatic carbocycles. The Morgan fingerprint density at radius 1 is 0.585 bits per heavy atom. The van der Waals surface area contributed by atoms with Crippen LogP contribution in [0.5, 0.6) is 0 Å². The molecule has 1 atom stereocenters. The van der Waals surface area contributed by atoms with Crippen molar-refractivity contribution < 1.29 is 38.5 Å². The average Bonchev–Trinajstić information content (AvgIpc) is 3.50. The number of aliphatic carboxylic acids is 1. The molecular formula is C41H36N4O8. The Hall–Kier alpha value is -6.95. The molecule has 268 valence electrons. The van der Waals surface area contributed by atoms with Gasteiger partial charge in [-0.3, -0.25) is 10.6 Å². The Labute approximate surface area is 305 Å². The van der Waals surface area contributed by atoms with Crippen LogP contribution < -0.4 is 16.0 Å². The molecule has 0 fully saturated rings. The second-order valence-corrected chi connectivity index (χ2v) is 12.1. The van der Waals surface area contributed by atoms with E-state index < -0.39 is 30.3 Å². The molecule has 0 bridgehead atoms. The van der Waals surface area contributed by atoms with Crippen LogP contribution in [0.1, 0.15) is 33.7 Å². The zero-order valence-electron chi connectivity index (χ0n) is 28.4. The van der Waals surface area contributed by atoms with Gasteiger partial charge in [0.15, 0.2) is 0 Å². The van der Waals surface area contributed by atoms with Gasteiger partial charge in [-0.15, -0.1) is 0 Å². The normalized spacial score (nSPS) is 11.9. The van der Waals surface area contributed by atoms with Crippen LogP contribution in [0, 0.1) is 0 Å². The topological polar surface area (TPSA) is 165 Å². The summed E-state index contributed by atoms with van der Waals surface area (Å²) in [6, 6.07) is 39.1. The lowest BCUT2D eigenvalue weighted by molar-refractivity contribution is -0.139. The van der Waals surface area contributed by atoms with Crippen molar-refractivity contribution in [2.45, 2.75) is 31.6 Å². The number of carbonyl (C=O) groups excluding carboxylic acids is 3. The number of aliphatic imine (C=N–C) groups is 1. The predicted octanol–water partition coefficient (Wildman–Crippen LogP) is 7.06. The van der Waals surface area contributed by atoms with Crippen molar-refractivity contribution >= 4 is 35.9 Å². The van der Waals surface area contributed by atoms with Crippen LogP contribution in [-0.4, -0.2) is 48.0 Å². The number of nitrogens with zero attached hydrogens (tertiary/aromatic N) is 1. The maximum absolute atomic E-state index is 12.8. The van der Waals surface area contributed by atoms with Crippen molar-refractivity contribution in [1.82, 2.24) is 16.0 Å². The lowest BCUT2D eigenvalue weighted by Gasteiger charge is -2.17. The summed E-state index contributed by atoms with van der Waals surface area (Å²) in [7, 11) is 0. The summed E-state index contributed by atoms with van der Waals surface area (Å²) in [6.07, 6.45) is -2.63. The number of alkyl carbamates (subject to hydrolysis) is 3. The maximum Gasteiger partial charge on any atom is 0.414 e. The number of nitrogens with one attached hydrogen (secondary N) is 3. The van der Waals surface area contributed by atoms with Crippen LogP contribution in [0.2, 0.25) is 0 Å². The summed E-state index contributed by atoms with van der Waals surface area (Å²) in [4.78, 5) is 54.6. The van der Waals surface area contributed by atoms with E-state index in [1.165, 1.54) is 0 Å². The predicted molar refractivity (Wildman–Crippen MR) is 196 cm³/mol. The van der Waals surface area contributed by atoms with Gasteiger partial charge in [-0.2, -0.15) is 0 Å². The van der Waals surface area contributed by atoms with E-state index >= 15 is 0 Å². The minimum atomic E-state index is -1.28. The van der Waals surface area contributed by atoms with E-state index in [0.29, 0.717) is 11.3 Å². The highest BCUT2D eigenvalue weighted by molar-refractivity contribution is 6.02. The van der Waals surface area contributed by atoms with Crippen LogP contribution in [0.25, 0.3) is 11.1 Å². The summed E-state index contributed by atoms with van der Waals surface area (Å²) in [6.45, 7) is 0.0206. The molecule has 0 aliphatic heterocycles. The highest BCUT2D eigenvalue weighted by atomic mass is 16.6. The van der Waals surface area contributed by atoms with Crippen molar-refractivity contribution in [1.29, 1.82) is 0 Å². The molecule has 1 unspecified atom stereocenters. The molecule has 53 heavy (non-hydrogen) atoms. The highest BCUT2D eigenvalue weighted by Gasteiger charge is 2.30. The van der Waals surface area contributed by atoms with Gasteiger partial charge >= 0.3 is 24.2 Å². The third-order valence-corrected chi connectivity index (χ3v) is 8.42. The Morgan fingerprint density at radius 2 is 1.08 bits per heavy atom. The Kier molecular flexibility index (Phi) is 11.7. The van der Waals surface area contributed by atoms with E-state index in [9.17, 15) is 24.3 Å². The molecule has 0 heterocycles. The third kappa shape index (κ3) is 9.85. The molecule has 6 rings (SSSR count). The summed E-state index contributed by atoms with van der Waals surface area (Å²) in [5.41, 5.74) is 6.66. The number of carboxylic acids is 1. The van der Waals surface area contributed by atoms with E-state index in [0.717, 1.165) is 33.4 Å². The molecule has 5 aromatic rings. The van der Waals surface area contributed by atoms with Crippen molar-refractivity contribution in [3.8, 4) is 11.1 Å². The third-order valence-electron chi connectivity index (χ3n) is 8.42. The largest absolute Gasteiger partial charge is 0.480 e. The Balaban J connectivity index is 1.07. The number of rotatable bonds is 11. The van der Waals surface area contributed by atoms with Crippen molar-refractivity contribution in [3.63, 3.8) is 0 Å². The number of hydrogen-bond donors (Lipinski definition) is 4. The van der Waals surface area contributed by atoms with E-state index in [1.807, 2.05) is 84.9 Å². The number of fused-ring (bicyclic) bond motifs is 3. The van der Waals surface area contributed by atoms with Crippen LogP contribution in [0.4, 0.5) is 20.1 Å². The van der Waals surface area contributed by atoms with Gasteiger partial charge in [0.1, 0.15) is 25.9 Å². The van der Waals surface area contributed by atoms with Crippen LogP contribution >= 0.6 is 0 Å². The average molecular weight is 713 g/mol.